The molecule has 1 aliphatic heterocycles. The summed E-state index contributed by atoms with van der Waals surface area (Å²) in [5, 5.41) is 3.01. The smallest absolute Gasteiger partial charge is 0.339 e. The van der Waals surface area contributed by atoms with E-state index >= 15 is 0 Å². The number of pyridine rings is 1. The summed E-state index contributed by atoms with van der Waals surface area (Å²) in [5.74, 6) is 0.704. The lowest BCUT2D eigenvalue weighted by Crippen LogP contribution is -2.56. The van der Waals surface area contributed by atoms with Crippen molar-refractivity contribution in [3.63, 3.8) is 0 Å². The minimum absolute atomic E-state index is 0.126. The normalized spacial score (nSPS) is 21.0. The number of carbonyl (C=O) groups is 2. The first-order valence-electron chi connectivity index (χ1n) is 9.82. The molecule has 0 spiro atoms. The third kappa shape index (κ3) is 5.51. The summed E-state index contributed by atoms with van der Waals surface area (Å²) in [7, 11) is 0. The van der Waals surface area contributed by atoms with Crippen molar-refractivity contribution in [3.8, 4) is 0 Å². The molecule has 2 heterocycles. The van der Waals surface area contributed by atoms with E-state index in [4.69, 9.17) is 4.74 Å². The van der Waals surface area contributed by atoms with Gasteiger partial charge in [-0.2, -0.15) is 0 Å². The highest BCUT2D eigenvalue weighted by Crippen LogP contribution is 2.26. The van der Waals surface area contributed by atoms with E-state index < -0.39 is 5.97 Å². The van der Waals surface area contributed by atoms with E-state index in [1.165, 1.54) is 6.42 Å². The van der Waals surface area contributed by atoms with E-state index in [1.807, 2.05) is 0 Å². The van der Waals surface area contributed by atoms with Crippen LogP contribution < -0.4 is 5.32 Å². The maximum Gasteiger partial charge on any atom is 0.339 e. The van der Waals surface area contributed by atoms with Gasteiger partial charge in [-0.1, -0.05) is 13.8 Å². The summed E-state index contributed by atoms with van der Waals surface area (Å²) < 4.78 is 5.00. The SMILES string of the molecule is CCOC(=O)c1ccc(C(=O)NCC(C)(C)N2CC(C)CC(C)C2)nc1C. The first-order chi connectivity index (χ1) is 12.6. The Labute approximate surface area is 162 Å². The van der Waals surface area contributed by atoms with Crippen LogP contribution in [0.1, 0.15) is 67.6 Å². The molecule has 1 fully saturated rings. The molecule has 6 heteroatoms. The topological polar surface area (TPSA) is 71.5 Å². The Morgan fingerprint density at radius 1 is 1.26 bits per heavy atom. The molecular weight excluding hydrogens is 342 g/mol. The van der Waals surface area contributed by atoms with Crippen molar-refractivity contribution >= 4 is 11.9 Å². The first kappa shape index (κ1) is 21.4. The fourth-order valence-electron chi connectivity index (χ4n) is 3.77. The lowest BCUT2D eigenvalue weighted by atomic mass is 9.88. The van der Waals surface area contributed by atoms with Crippen LogP contribution >= 0.6 is 0 Å². The van der Waals surface area contributed by atoms with Crippen LogP contribution in [0.4, 0.5) is 0 Å². The molecule has 1 aromatic rings. The molecule has 0 radical (unpaired) electrons. The minimum Gasteiger partial charge on any atom is -0.462 e. The average Bonchev–Trinajstić information content (AvgIpc) is 2.59. The number of nitrogens with one attached hydrogen (secondary N) is 1. The number of carbonyl (C=O) groups excluding carboxylic acids is 2. The molecule has 2 rings (SSSR count). The zero-order chi connectivity index (χ0) is 20.2. The highest BCUT2D eigenvalue weighted by Gasteiger charge is 2.33. The van der Waals surface area contributed by atoms with Crippen LogP contribution in [-0.2, 0) is 4.74 Å². The number of amides is 1. The van der Waals surface area contributed by atoms with Gasteiger partial charge in [0.15, 0.2) is 0 Å². The fourth-order valence-corrected chi connectivity index (χ4v) is 3.77. The van der Waals surface area contributed by atoms with Gasteiger partial charge in [-0.25, -0.2) is 9.78 Å². The quantitative estimate of drug-likeness (QED) is 0.774. The highest BCUT2D eigenvalue weighted by molar-refractivity contribution is 5.95. The Hall–Kier alpha value is -1.95. The molecule has 0 bridgehead atoms. The largest absolute Gasteiger partial charge is 0.462 e. The monoisotopic (exact) mass is 375 g/mol. The maximum atomic E-state index is 12.6. The van der Waals surface area contributed by atoms with Crippen LogP contribution in [0.15, 0.2) is 12.1 Å². The average molecular weight is 376 g/mol. The van der Waals surface area contributed by atoms with Crippen molar-refractivity contribution in [1.82, 2.24) is 15.2 Å². The molecule has 1 N–H and O–H groups in total. The molecule has 1 amide bonds. The summed E-state index contributed by atoms with van der Waals surface area (Å²) in [6.45, 7) is 15.3. The Morgan fingerprint density at radius 2 is 1.89 bits per heavy atom. The van der Waals surface area contributed by atoms with Gasteiger partial charge >= 0.3 is 5.97 Å². The Morgan fingerprint density at radius 3 is 2.44 bits per heavy atom. The second-order valence-corrected chi connectivity index (χ2v) is 8.40. The predicted molar refractivity (Wildman–Crippen MR) is 106 cm³/mol. The number of piperidine rings is 1. The van der Waals surface area contributed by atoms with E-state index in [1.54, 1.807) is 26.0 Å². The van der Waals surface area contributed by atoms with Gasteiger partial charge in [0.2, 0.25) is 0 Å². The van der Waals surface area contributed by atoms with Gasteiger partial charge in [-0.3, -0.25) is 9.69 Å². The molecule has 1 saturated heterocycles. The summed E-state index contributed by atoms with van der Waals surface area (Å²) in [6.07, 6.45) is 1.26. The van der Waals surface area contributed by atoms with E-state index in [2.05, 4.69) is 42.9 Å². The van der Waals surface area contributed by atoms with Crippen LogP contribution in [-0.4, -0.2) is 53.5 Å². The summed E-state index contributed by atoms with van der Waals surface area (Å²) in [6, 6.07) is 3.18. The zero-order valence-electron chi connectivity index (χ0n) is 17.5. The number of esters is 1. The standard InChI is InChI=1S/C21H33N3O3/c1-7-27-20(26)17-8-9-18(23-16(17)4)19(25)22-13-21(5,6)24-11-14(2)10-15(3)12-24/h8-9,14-15H,7,10-13H2,1-6H3,(H,22,25). The molecule has 0 aromatic carbocycles. The second kappa shape index (κ2) is 8.83. The van der Waals surface area contributed by atoms with E-state index in [0.717, 1.165) is 13.1 Å². The van der Waals surface area contributed by atoms with Gasteiger partial charge in [0.25, 0.3) is 5.91 Å². The number of aromatic nitrogens is 1. The number of likely N-dealkylation sites (tertiary alicyclic amines) is 1. The number of rotatable bonds is 6. The van der Waals surface area contributed by atoms with Crippen molar-refractivity contribution in [2.24, 2.45) is 11.8 Å². The van der Waals surface area contributed by atoms with Crippen molar-refractivity contribution in [2.75, 3.05) is 26.2 Å². The van der Waals surface area contributed by atoms with Crippen LogP contribution in [0.2, 0.25) is 0 Å². The third-order valence-corrected chi connectivity index (χ3v) is 5.22. The number of nitrogens with zero attached hydrogens (tertiary/aromatic N) is 2. The Balaban J connectivity index is 2.00. The van der Waals surface area contributed by atoms with Gasteiger partial charge in [-0.05, 0) is 58.1 Å². The maximum absolute atomic E-state index is 12.6. The Kier molecular flexibility index (Phi) is 6.98. The van der Waals surface area contributed by atoms with Gasteiger partial charge in [0.1, 0.15) is 5.69 Å². The number of ether oxygens (including phenoxy) is 1. The van der Waals surface area contributed by atoms with Gasteiger partial charge in [0.05, 0.1) is 17.9 Å². The van der Waals surface area contributed by atoms with Gasteiger partial charge < -0.3 is 10.1 Å². The van der Waals surface area contributed by atoms with Crippen LogP contribution in [0.25, 0.3) is 0 Å². The van der Waals surface area contributed by atoms with E-state index in [9.17, 15) is 9.59 Å². The fraction of sp³-hybridized carbons (Fsp3) is 0.667. The molecule has 1 aliphatic rings. The molecule has 0 aliphatic carbocycles. The van der Waals surface area contributed by atoms with Gasteiger partial charge in [-0.15, -0.1) is 0 Å². The number of hydrogen-bond acceptors (Lipinski definition) is 5. The first-order valence-corrected chi connectivity index (χ1v) is 9.82. The van der Waals surface area contributed by atoms with Crippen molar-refractivity contribution in [3.05, 3.63) is 29.1 Å². The number of hydrogen-bond donors (Lipinski definition) is 1. The molecule has 2 atom stereocenters. The zero-order valence-corrected chi connectivity index (χ0v) is 17.5. The molecule has 2 unspecified atom stereocenters. The van der Waals surface area contributed by atoms with E-state index in [0.29, 0.717) is 41.9 Å². The van der Waals surface area contributed by atoms with Crippen molar-refractivity contribution < 1.29 is 14.3 Å². The Bertz CT molecular complexity index is 677. The summed E-state index contributed by atoms with van der Waals surface area (Å²) in [5.41, 5.74) is 1.08. The molecule has 150 valence electrons. The summed E-state index contributed by atoms with van der Waals surface area (Å²) >= 11 is 0. The number of aryl methyl sites for hydroxylation is 1. The third-order valence-electron chi connectivity index (χ3n) is 5.22. The predicted octanol–water partition coefficient (Wildman–Crippen LogP) is 3.05. The van der Waals surface area contributed by atoms with Crippen LogP contribution in [0.5, 0.6) is 0 Å². The lowest BCUT2D eigenvalue weighted by Gasteiger charge is -2.45. The molecule has 27 heavy (non-hydrogen) atoms. The minimum atomic E-state index is -0.413. The van der Waals surface area contributed by atoms with Gasteiger partial charge in [0, 0.05) is 25.2 Å². The molecule has 6 nitrogen and oxygen atoms in total. The molecule has 0 saturated carbocycles. The van der Waals surface area contributed by atoms with Crippen molar-refractivity contribution in [1.29, 1.82) is 0 Å². The van der Waals surface area contributed by atoms with Crippen LogP contribution in [0, 0.1) is 18.8 Å². The summed E-state index contributed by atoms with van der Waals surface area (Å²) in [4.78, 5) is 31.2. The molecule has 1 aromatic heterocycles. The molecular formula is C21H33N3O3. The second-order valence-electron chi connectivity index (χ2n) is 8.40. The van der Waals surface area contributed by atoms with Crippen molar-refractivity contribution in [2.45, 2.75) is 53.5 Å². The highest BCUT2D eigenvalue weighted by atomic mass is 16.5. The lowest BCUT2D eigenvalue weighted by molar-refractivity contribution is 0.0444. The van der Waals surface area contributed by atoms with E-state index in [-0.39, 0.29) is 11.4 Å². The van der Waals surface area contributed by atoms with Crippen LogP contribution in [0.3, 0.4) is 0 Å².